The highest BCUT2D eigenvalue weighted by Crippen LogP contribution is 2.31. The van der Waals surface area contributed by atoms with Crippen molar-refractivity contribution in [2.45, 2.75) is 6.61 Å². The fourth-order valence-corrected chi connectivity index (χ4v) is 1.91. The van der Waals surface area contributed by atoms with Crippen molar-refractivity contribution >= 4 is 23.6 Å². The van der Waals surface area contributed by atoms with Crippen molar-refractivity contribution in [1.29, 1.82) is 0 Å². The van der Waals surface area contributed by atoms with Crippen LogP contribution >= 0.6 is 11.6 Å². The minimum atomic E-state index is -1.05. The maximum Gasteiger partial charge on any atom is 0.328 e. The molecule has 0 aliphatic heterocycles. The number of carboxylic acid groups (broad SMARTS) is 1. The molecule has 0 amide bonds. The molecule has 0 atom stereocenters. The highest BCUT2D eigenvalue weighted by Gasteiger charge is 2.07. The van der Waals surface area contributed by atoms with Gasteiger partial charge in [0.2, 0.25) is 0 Å². The second kappa shape index (κ2) is 6.92. The van der Waals surface area contributed by atoms with Crippen molar-refractivity contribution in [3.05, 3.63) is 64.7 Å². The first-order valence-electron chi connectivity index (χ1n) is 6.17. The number of carbonyl (C=O) groups is 1. The minimum Gasteiger partial charge on any atom is -0.478 e. The molecule has 0 unspecified atom stereocenters. The summed E-state index contributed by atoms with van der Waals surface area (Å²) in [7, 11) is 0. The van der Waals surface area contributed by atoms with E-state index >= 15 is 0 Å². The number of aliphatic carboxylic acids is 1. The Morgan fingerprint density at radius 2 is 1.95 bits per heavy atom. The van der Waals surface area contributed by atoms with Crippen molar-refractivity contribution in [2.75, 3.05) is 0 Å². The lowest BCUT2D eigenvalue weighted by Gasteiger charge is -2.12. The van der Waals surface area contributed by atoms with Crippen LogP contribution in [0.2, 0.25) is 5.02 Å². The Kier molecular flexibility index (Phi) is 4.98. The molecule has 0 aromatic heterocycles. The molecule has 0 saturated heterocycles. The molecule has 21 heavy (non-hydrogen) atoms. The quantitative estimate of drug-likeness (QED) is 0.826. The number of carboxylic acids is 1. The third-order valence-corrected chi connectivity index (χ3v) is 2.98. The molecular formula is C16H13ClO4. The Hall–Kier alpha value is -2.30. The smallest absolute Gasteiger partial charge is 0.328 e. The maximum atomic E-state index is 10.6. The molecular weight excluding hydrogens is 292 g/mol. The van der Waals surface area contributed by atoms with Crippen molar-refractivity contribution in [2.24, 2.45) is 0 Å². The van der Waals surface area contributed by atoms with Crippen LogP contribution in [0.1, 0.15) is 11.1 Å². The summed E-state index contributed by atoms with van der Waals surface area (Å²) < 4.78 is 5.76. The van der Waals surface area contributed by atoms with Crippen LogP contribution in [-0.2, 0) is 11.4 Å². The predicted molar refractivity (Wildman–Crippen MR) is 80.6 cm³/mol. The Balaban J connectivity index is 2.38. The van der Waals surface area contributed by atoms with Crippen molar-refractivity contribution in [3.63, 3.8) is 0 Å². The van der Waals surface area contributed by atoms with E-state index < -0.39 is 5.97 Å². The van der Waals surface area contributed by atoms with E-state index in [-0.39, 0.29) is 6.61 Å². The van der Waals surface area contributed by atoms with E-state index in [9.17, 15) is 9.90 Å². The van der Waals surface area contributed by atoms with E-state index in [1.807, 2.05) is 0 Å². The number of aliphatic hydroxyl groups is 1. The van der Waals surface area contributed by atoms with Gasteiger partial charge in [0.15, 0.2) is 0 Å². The van der Waals surface area contributed by atoms with Gasteiger partial charge in [0.1, 0.15) is 11.5 Å². The van der Waals surface area contributed by atoms with Crippen LogP contribution in [0.15, 0.2) is 48.5 Å². The van der Waals surface area contributed by atoms with E-state index in [2.05, 4.69) is 0 Å². The minimum absolute atomic E-state index is 0.156. The molecule has 0 bridgehead atoms. The number of hydrogen-bond acceptors (Lipinski definition) is 3. The number of rotatable bonds is 5. The van der Waals surface area contributed by atoms with E-state index in [1.54, 1.807) is 42.5 Å². The molecule has 0 heterocycles. The third-order valence-electron chi connectivity index (χ3n) is 2.74. The summed E-state index contributed by atoms with van der Waals surface area (Å²) >= 11 is 5.95. The number of halogens is 1. The molecule has 2 rings (SSSR count). The lowest BCUT2D eigenvalue weighted by atomic mass is 10.1. The van der Waals surface area contributed by atoms with Crippen LogP contribution in [-0.4, -0.2) is 16.2 Å². The largest absolute Gasteiger partial charge is 0.478 e. The monoisotopic (exact) mass is 304 g/mol. The predicted octanol–water partition coefficient (Wildman–Crippen LogP) is 3.72. The van der Waals surface area contributed by atoms with Gasteiger partial charge >= 0.3 is 5.97 Å². The van der Waals surface area contributed by atoms with Gasteiger partial charge in [-0.1, -0.05) is 29.8 Å². The average Bonchev–Trinajstić information content (AvgIpc) is 2.47. The second-order valence-corrected chi connectivity index (χ2v) is 4.66. The number of ether oxygens (including phenoxy) is 1. The first kappa shape index (κ1) is 15.1. The van der Waals surface area contributed by atoms with Gasteiger partial charge in [0.25, 0.3) is 0 Å². The molecule has 0 aliphatic rings. The van der Waals surface area contributed by atoms with Crippen molar-refractivity contribution in [3.8, 4) is 11.5 Å². The fraction of sp³-hybridized carbons (Fsp3) is 0.0625. The Bertz CT molecular complexity index is 680. The van der Waals surface area contributed by atoms with Crippen LogP contribution < -0.4 is 4.74 Å². The van der Waals surface area contributed by atoms with Gasteiger partial charge in [0.05, 0.1) is 6.61 Å². The summed E-state index contributed by atoms with van der Waals surface area (Å²) in [6, 6.07) is 11.9. The molecule has 0 fully saturated rings. The summed E-state index contributed by atoms with van der Waals surface area (Å²) in [5, 5.41) is 18.5. The van der Waals surface area contributed by atoms with Gasteiger partial charge in [-0.15, -0.1) is 0 Å². The third kappa shape index (κ3) is 4.08. The zero-order valence-corrected chi connectivity index (χ0v) is 11.7. The molecule has 2 aromatic rings. The molecule has 2 aromatic carbocycles. The van der Waals surface area contributed by atoms with Crippen LogP contribution in [0.5, 0.6) is 11.5 Å². The molecule has 2 N–H and O–H groups in total. The molecule has 4 nitrogen and oxygen atoms in total. The molecule has 0 radical (unpaired) electrons. The summed E-state index contributed by atoms with van der Waals surface area (Å²) in [5.74, 6) is -0.139. The number of aliphatic hydroxyl groups excluding tert-OH is 1. The first-order valence-corrected chi connectivity index (χ1v) is 6.55. The van der Waals surface area contributed by atoms with Gasteiger partial charge in [-0.2, -0.15) is 0 Å². The van der Waals surface area contributed by atoms with Gasteiger partial charge in [-0.3, -0.25) is 0 Å². The fourth-order valence-electron chi connectivity index (χ4n) is 1.75. The van der Waals surface area contributed by atoms with E-state index in [4.69, 9.17) is 21.4 Å². The van der Waals surface area contributed by atoms with Crippen LogP contribution in [0, 0.1) is 0 Å². The molecule has 0 spiro atoms. The zero-order chi connectivity index (χ0) is 15.2. The Morgan fingerprint density at radius 3 is 2.67 bits per heavy atom. The van der Waals surface area contributed by atoms with Gasteiger partial charge in [-0.25, -0.2) is 4.79 Å². The molecule has 5 heteroatoms. The summed E-state index contributed by atoms with van der Waals surface area (Å²) in [4.78, 5) is 10.6. The topological polar surface area (TPSA) is 66.8 Å². The summed E-state index contributed by atoms with van der Waals surface area (Å²) in [6.07, 6.45) is 2.45. The Morgan fingerprint density at radius 1 is 1.19 bits per heavy atom. The van der Waals surface area contributed by atoms with E-state index in [1.165, 1.54) is 6.08 Å². The highest BCUT2D eigenvalue weighted by atomic mass is 35.5. The van der Waals surface area contributed by atoms with Crippen LogP contribution in [0.25, 0.3) is 6.08 Å². The maximum absolute atomic E-state index is 10.6. The van der Waals surface area contributed by atoms with E-state index in [0.717, 1.165) is 6.08 Å². The Labute approximate surface area is 126 Å². The number of hydrogen-bond donors (Lipinski definition) is 2. The van der Waals surface area contributed by atoms with E-state index in [0.29, 0.717) is 27.6 Å². The number of benzene rings is 2. The second-order valence-electron chi connectivity index (χ2n) is 4.22. The number of para-hydroxylation sites is 1. The standard InChI is InChI=1S/C16H13ClO4/c17-13-7-5-11(6-8-16(19)20)15(9-13)21-14-4-2-1-3-12(14)10-18/h1-9,18H,10H2,(H,19,20)/b8-6+. The van der Waals surface area contributed by atoms with Crippen molar-refractivity contribution in [1.82, 2.24) is 0 Å². The lowest BCUT2D eigenvalue weighted by Crippen LogP contribution is -1.93. The molecule has 0 saturated carbocycles. The first-order chi connectivity index (χ1) is 10.1. The highest BCUT2D eigenvalue weighted by molar-refractivity contribution is 6.30. The normalized spacial score (nSPS) is 10.8. The van der Waals surface area contributed by atoms with Gasteiger partial charge in [0, 0.05) is 28.3 Å². The lowest BCUT2D eigenvalue weighted by molar-refractivity contribution is -0.131. The summed E-state index contributed by atoms with van der Waals surface area (Å²) in [5.41, 5.74) is 1.21. The van der Waals surface area contributed by atoms with Crippen LogP contribution in [0.3, 0.4) is 0 Å². The average molecular weight is 305 g/mol. The van der Waals surface area contributed by atoms with Gasteiger partial charge < -0.3 is 14.9 Å². The SMILES string of the molecule is O=C(O)/C=C/c1ccc(Cl)cc1Oc1ccccc1CO. The molecule has 0 aliphatic carbocycles. The van der Waals surface area contributed by atoms with Crippen LogP contribution in [0.4, 0.5) is 0 Å². The van der Waals surface area contributed by atoms with Crippen molar-refractivity contribution < 1.29 is 19.7 Å². The molecule has 108 valence electrons. The summed E-state index contributed by atoms with van der Waals surface area (Å²) in [6.45, 7) is -0.156. The zero-order valence-electron chi connectivity index (χ0n) is 11.0. The van der Waals surface area contributed by atoms with Gasteiger partial charge in [-0.05, 0) is 24.3 Å².